The fraction of sp³-hybridized carbons (Fsp3) is 0.455. The van der Waals surface area contributed by atoms with E-state index in [2.05, 4.69) is 0 Å². The lowest BCUT2D eigenvalue weighted by Gasteiger charge is -2.51. The Kier molecular flexibility index (Phi) is 1.75. The molecule has 1 saturated carbocycles. The predicted octanol–water partition coefficient (Wildman–Crippen LogP) is 3.77. The van der Waals surface area contributed by atoms with E-state index >= 15 is 0 Å². The average molecular weight is 249 g/mol. The molecule has 2 aliphatic rings. The van der Waals surface area contributed by atoms with E-state index < -0.39 is 22.1 Å². The SMILES string of the molecule is FC1(F)[C@H]2Cc3ccccc3[C@@H]2C1(Cl)Cl. The third-order valence-electron chi connectivity index (χ3n) is 3.53. The molecule has 1 aromatic rings. The molecular weight excluding hydrogens is 241 g/mol. The van der Waals surface area contributed by atoms with E-state index in [4.69, 9.17) is 23.2 Å². The van der Waals surface area contributed by atoms with Crippen LogP contribution in [0.25, 0.3) is 0 Å². The molecule has 1 fully saturated rings. The monoisotopic (exact) mass is 248 g/mol. The van der Waals surface area contributed by atoms with Crippen molar-refractivity contribution < 1.29 is 8.78 Å². The van der Waals surface area contributed by atoms with Gasteiger partial charge in [-0.2, -0.15) is 0 Å². The van der Waals surface area contributed by atoms with Crippen LogP contribution in [-0.2, 0) is 6.42 Å². The van der Waals surface area contributed by atoms with E-state index in [0.29, 0.717) is 6.42 Å². The van der Waals surface area contributed by atoms with Gasteiger partial charge >= 0.3 is 0 Å². The molecule has 0 radical (unpaired) electrons. The molecule has 0 aromatic heterocycles. The summed E-state index contributed by atoms with van der Waals surface area (Å²) >= 11 is 11.5. The van der Waals surface area contributed by atoms with Gasteiger partial charge in [-0.3, -0.25) is 0 Å². The van der Waals surface area contributed by atoms with Crippen LogP contribution in [0.4, 0.5) is 8.78 Å². The Balaban J connectivity index is 2.11. The minimum absolute atomic E-state index is 0.384. The Morgan fingerprint density at radius 1 is 1.20 bits per heavy atom. The molecular formula is C11H8Cl2F2. The van der Waals surface area contributed by atoms with Gasteiger partial charge in [0.05, 0.1) is 0 Å². The molecule has 0 heterocycles. The first-order chi connectivity index (χ1) is 6.96. The summed E-state index contributed by atoms with van der Waals surface area (Å²) in [6, 6.07) is 7.40. The molecule has 0 N–H and O–H groups in total. The number of benzene rings is 1. The van der Waals surface area contributed by atoms with Crippen LogP contribution in [0.15, 0.2) is 24.3 Å². The van der Waals surface area contributed by atoms with Crippen LogP contribution in [0.3, 0.4) is 0 Å². The van der Waals surface area contributed by atoms with Gasteiger partial charge in [0.15, 0.2) is 4.33 Å². The van der Waals surface area contributed by atoms with Crippen LogP contribution in [-0.4, -0.2) is 10.3 Å². The normalized spacial score (nSPS) is 34.1. The molecule has 2 aliphatic carbocycles. The van der Waals surface area contributed by atoms with E-state index in [9.17, 15) is 8.78 Å². The second kappa shape index (κ2) is 2.67. The zero-order valence-corrected chi connectivity index (χ0v) is 9.19. The summed E-state index contributed by atoms with van der Waals surface area (Å²) in [7, 11) is 0. The van der Waals surface area contributed by atoms with E-state index in [0.717, 1.165) is 11.1 Å². The largest absolute Gasteiger partial charge is 0.284 e. The molecule has 2 atom stereocenters. The predicted molar refractivity (Wildman–Crippen MR) is 55.8 cm³/mol. The molecule has 3 rings (SSSR count). The summed E-state index contributed by atoms with van der Waals surface area (Å²) < 4.78 is 25.2. The molecule has 80 valence electrons. The van der Waals surface area contributed by atoms with Crippen LogP contribution in [0.2, 0.25) is 0 Å². The molecule has 15 heavy (non-hydrogen) atoms. The molecule has 0 aliphatic heterocycles. The van der Waals surface area contributed by atoms with Crippen molar-refractivity contribution in [1.29, 1.82) is 0 Å². The zero-order chi connectivity index (χ0) is 10.8. The Hall–Kier alpha value is -0.340. The summed E-state index contributed by atoms with van der Waals surface area (Å²) in [4.78, 5) is 0. The standard InChI is InChI=1S/C11H8Cl2F2/c12-10(13)9-7-4-2-1-3-6(7)5-8(9)11(10,14)15/h1-4,8-9H,5H2/t8-,9-/m0/s1. The van der Waals surface area contributed by atoms with Crippen LogP contribution in [0.1, 0.15) is 17.0 Å². The van der Waals surface area contributed by atoms with Crippen molar-refractivity contribution in [3.63, 3.8) is 0 Å². The Morgan fingerprint density at radius 2 is 1.87 bits per heavy atom. The first kappa shape index (κ1) is 9.86. The van der Waals surface area contributed by atoms with Crippen molar-refractivity contribution in [1.82, 2.24) is 0 Å². The van der Waals surface area contributed by atoms with Crippen LogP contribution in [0.5, 0.6) is 0 Å². The van der Waals surface area contributed by atoms with Crippen molar-refractivity contribution in [2.24, 2.45) is 5.92 Å². The second-order valence-corrected chi connectivity index (χ2v) is 5.62. The number of halogens is 4. The summed E-state index contributed by atoms with van der Waals surface area (Å²) in [6.07, 6.45) is 0.384. The zero-order valence-electron chi connectivity index (χ0n) is 7.68. The topological polar surface area (TPSA) is 0 Å². The van der Waals surface area contributed by atoms with E-state index in [1.807, 2.05) is 24.3 Å². The van der Waals surface area contributed by atoms with Crippen LogP contribution < -0.4 is 0 Å². The summed E-state index contributed by atoms with van der Waals surface area (Å²) in [6.45, 7) is 0. The number of alkyl halides is 4. The van der Waals surface area contributed by atoms with Crippen LogP contribution >= 0.6 is 23.2 Å². The van der Waals surface area contributed by atoms with Crippen molar-refractivity contribution in [3.05, 3.63) is 35.4 Å². The first-order valence-corrected chi connectivity index (χ1v) is 5.55. The van der Waals surface area contributed by atoms with Gasteiger partial charge in [0, 0.05) is 11.8 Å². The maximum Gasteiger partial charge on any atom is 0.284 e. The van der Waals surface area contributed by atoms with Gasteiger partial charge in [-0.1, -0.05) is 47.5 Å². The fourth-order valence-corrected chi connectivity index (χ4v) is 3.56. The first-order valence-electron chi connectivity index (χ1n) is 4.79. The second-order valence-electron chi connectivity index (χ2n) is 4.23. The minimum Gasteiger partial charge on any atom is -0.203 e. The Bertz CT molecular complexity index is 428. The molecule has 0 saturated heterocycles. The van der Waals surface area contributed by atoms with Gasteiger partial charge in [-0.25, -0.2) is 8.78 Å². The summed E-state index contributed by atoms with van der Waals surface area (Å²) in [5.74, 6) is -4.10. The lowest BCUT2D eigenvalue weighted by Crippen LogP contribution is -2.62. The molecule has 4 heteroatoms. The van der Waals surface area contributed by atoms with Gasteiger partial charge in [-0.05, 0) is 17.5 Å². The highest BCUT2D eigenvalue weighted by Gasteiger charge is 2.76. The summed E-state index contributed by atoms with van der Waals surface area (Å²) in [5, 5.41) is 0. The van der Waals surface area contributed by atoms with Crippen molar-refractivity contribution in [3.8, 4) is 0 Å². The lowest BCUT2D eigenvalue weighted by molar-refractivity contribution is -0.151. The lowest BCUT2D eigenvalue weighted by atomic mass is 9.69. The molecule has 0 amide bonds. The highest BCUT2D eigenvalue weighted by Crippen LogP contribution is 2.70. The van der Waals surface area contributed by atoms with E-state index in [1.165, 1.54) is 0 Å². The van der Waals surface area contributed by atoms with Crippen molar-refractivity contribution in [2.75, 3.05) is 0 Å². The third-order valence-corrected chi connectivity index (χ3v) is 4.51. The number of rotatable bonds is 0. The fourth-order valence-electron chi connectivity index (χ4n) is 2.74. The van der Waals surface area contributed by atoms with Gasteiger partial charge in [0.1, 0.15) is 0 Å². The average Bonchev–Trinajstić information content (AvgIpc) is 2.55. The quantitative estimate of drug-likeness (QED) is 0.614. The molecule has 1 aromatic carbocycles. The van der Waals surface area contributed by atoms with Gasteiger partial charge in [-0.15, -0.1) is 0 Å². The highest BCUT2D eigenvalue weighted by molar-refractivity contribution is 6.50. The van der Waals surface area contributed by atoms with Crippen molar-refractivity contribution >= 4 is 23.2 Å². The van der Waals surface area contributed by atoms with Gasteiger partial charge < -0.3 is 0 Å². The maximum absolute atomic E-state index is 13.6. The van der Waals surface area contributed by atoms with E-state index in [1.54, 1.807) is 0 Å². The van der Waals surface area contributed by atoms with Gasteiger partial charge in [0.2, 0.25) is 0 Å². The van der Waals surface area contributed by atoms with Gasteiger partial charge in [0.25, 0.3) is 5.92 Å². The van der Waals surface area contributed by atoms with Crippen molar-refractivity contribution in [2.45, 2.75) is 22.6 Å². The molecule has 0 unspecified atom stereocenters. The number of hydrogen-bond donors (Lipinski definition) is 0. The number of fused-ring (bicyclic) bond motifs is 3. The third kappa shape index (κ3) is 0.974. The molecule has 0 spiro atoms. The molecule has 0 nitrogen and oxygen atoms in total. The molecule has 0 bridgehead atoms. The Morgan fingerprint density at radius 3 is 2.60 bits per heavy atom. The Labute approximate surface area is 96.2 Å². The highest BCUT2D eigenvalue weighted by atomic mass is 35.5. The maximum atomic E-state index is 13.6. The minimum atomic E-state index is -2.97. The van der Waals surface area contributed by atoms with Crippen LogP contribution in [0, 0.1) is 5.92 Å². The van der Waals surface area contributed by atoms with E-state index in [-0.39, 0.29) is 0 Å². The number of hydrogen-bond acceptors (Lipinski definition) is 0. The summed E-state index contributed by atoms with van der Waals surface area (Å²) in [5.41, 5.74) is 1.84. The smallest absolute Gasteiger partial charge is 0.203 e.